The molecule has 0 N–H and O–H groups in total. The van der Waals surface area contributed by atoms with Crippen LogP contribution in [0.2, 0.25) is 0 Å². The van der Waals surface area contributed by atoms with Crippen molar-refractivity contribution in [3.8, 4) is 11.5 Å². The fourth-order valence-electron chi connectivity index (χ4n) is 3.38. The summed E-state index contributed by atoms with van der Waals surface area (Å²) in [4.78, 5) is 14.5. The quantitative estimate of drug-likeness (QED) is 0.705. The molecule has 3 rings (SSSR count). The van der Waals surface area contributed by atoms with Gasteiger partial charge in [0.1, 0.15) is 5.82 Å². The molecule has 1 heterocycles. The molecule has 0 unspecified atom stereocenters. The highest BCUT2D eigenvalue weighted by atomic mass is 19.1. The van der Waals surface area contributed by atoms with Crippen LogP contribution in [0.15, 0.2) is 36.4 Å². The van der Waals surface area contributed by atoms with Crippen molar-refractivity contribution in [1.82, 2.24) is 4.90 Å². The van der Waals surface area contributed by atoms with Gasteiger partial charge in [-0.05, 0) is 66.9 Å². The summed E-state index contributed by atoms with van der Waals surface area (Å²) >= 11 is 0. The third-order valence-electron chi connectivity index (χ3n) is 4.84. The predicted molar refractivity (Wildman–Crippen MR) is 98.5 cm³/mol. The Labute approximate surface area is 153 Å². The van der Waals surface area contributed by atoms with Crippen molar-refractivity contribution in [3.05, 3.63) is 58.9 Å². The van der Waals surface area contributed by atoms with E-state index in [1.807, 2.05) is 6.07 Å². The predicted octanol–water partition coefficient (Wildman–Crippen LogP) is 3.86. The molecule has 1 aliphatic rings. The molecule has 5 heteroatoms. The lowest BCUT2D eigenvalue weighted by Gasteiger charge is -2.29. The highest BCUT2D eigenvalue weighted by Gasteiger charge is 2.19. The van der Waals surface area contributed by atoms with Gasteiger partial charge >= 0.3 is 0 Å². The van der Waals surface area contributed by atoms with E-state index in [1.54, 1.807) is 26.4 Å². The number of Topliss-reactive ketones (excluding diaryl/α,β-unsaturated/α-hetero) is 1. The molecule has 0 aliphatic carbocycles. The number of ether oxygens (including phenoxy) is 2. The lowest BCUT2D eigenvalue weighted by Crippen LogP contribution is -2.31. The molecule has 26 heavy (non-hydrogen) atoms. The summed E-state index contributed by atoms with van der Waals surface area (Å²) in [7, 11) is 3.30. The molecular weight excluding hydrogens is 333 g/mol. The van der Waals surface area contributed by atoms with Crippen LogP contribution in [-0.2, 0) is 13.0 Å². The minimum Gasteiger partial charge on any atom is -0.493 e. The number of fused-ring (bicyclic) bond motifs is 1. The van der Waals surface area contributed by atoms with Gasteiger partial charge in [0.05, 0.1) is 14.2 Å². The minimum absolute atomic E-state index is 0.0637. The SMILES string of the molecule is COc1cc2c(cc1OC)CN(CCCC(=O)c1ccc(F)cc1)CC2. The summed E-state index contributed by atoms with van der Waals surface area (Å²) < 4.78 is 23.7. The standard InChI is InChI=1S/C21H24FNO3/c1-25-20-12-16-9-11-23(14-17(16)13-21(20)26-2)10-3-4-19(24)15-5-7-18(22)8-6-15/h5-8,12-13H,3-4,9-11,14H2,1-2H3. The minimum atomic E-state index is -0.319. The number of halogens is 1. The fourth-order valence-corrected chi connectivity index (χ4v) is 3.38. The lowest BCUT2D eigenvalue weighted by atomic mass is 9.98. The second-order valence-electron chi connectivity index (χ2n) is 6.54. The monoisotopic (exact) mass is 357 g/mol. The number of rotatable bonds is 7. The summed E-state index contributed by atoms with van der Waals surface area (Å²) in [5.41, 5.74) is 3.12. The Balaban J connectivity index is 1.54. The van der Waals surface area contributed by atoms with Crippen LogP contribution in [0, 0.1) is 5.82 Å². The molecule has 0 bridgehead atoms. The van der Waals surface area contributed by atoms with E-state index in [0.717, 1.165) is 44.0 Å². The van der Waals surface area contributed by atoms with Crippen LogP contribution in [0.25, 0.3) is 0 Å². The van der Waals surface area contributed by atoms with E-state index in [0.29, 0.717) is 12.0 Å². The molecule has 0 spiro atoms. The molecule has 0 aromatic heterocycles. The van der Waals surface area contributed by atoms with Crippen molar-refractivity contribution in [2.24, 2.45) is 0 Å². The Morgan fingerprint density at radius 3 is 2.38 bits per heavy atom. The van der Waals surface area contributed by atoms with E-state index in [9.17, 15) is 9.18 Å². The number of carbonyl (C=O) groups is 1. The van der Waals surface area contributed by atoms with Crippen molar-refractivity contribution in [1.29, 1.82) is 0 Å². The summed E-state index contributed by atoms with van der Waals surface area (Å²) in [6, 6.07) is 9.86. The van der Waals surface area contributed by atoms with Crippen molar-refractivity contribution >= 4 is 5.78 Å². The molecular formula is C21H24FNO3. The largest absolute Gasteiger partial charge is 0.493 e. The van der Waals surface area contributed by atoms with Crippen molar-refractivity contribution in [2.75, 3.05) is 27.3 Å². The van der Waals surface area contributed by atoms with Gasteiger partial charge in [-0.2, -0.15) is 0 Å². The number of benzene rings is 2. The first-order valence-corrected chi connectivity index (χ1v) is 8.85. The summed E-state index contributed by atoms with van der Waals surface area (Å²) in [5, 5.41) is 0. The first-order valence-electron chi connectivity index (χ1n) is 8.85. The number of nitrogens with zero attached hydrogens (tertiary/aromatic N) is 1. The summed E-state index contributed by atoms with van der Waals surface area (Å²) in [6.45, 7) is 2.67. The van der Waals surface area contributed by atoms with Crippen LogP contribution >= 0.6 is 0 Å². The molecule has 2 aromatic rings. The van der Waals surface area contributed by atoms with Gasteiger partial charge in [0.15, 0.2) is 17.3 Å². The molecule has 0 atom stereocenters. The zero-order valence-electron chi connectivity index (χ0n) is 15.3. The van der Waals surface area contributed by atoms with E-state index >= 15 is 0 Å². The van der Waals surface area contributed by atoms with E-state index in [2.05, 4.69) is 11.0 Å². The number of carbonyl (C=O) groups excluding carboxylic acids is 1. The lowest BCUT2D eigenvalue weighted by molar-refractivity contribution is 0.0973. The zero-order chi connectivity index (χ0) is 18.5. The van der Waals surface area contributed by atoms with Gasteiger partial charge < -0.3 is 9.47 Å². The average Bonchev–Trinajstić information content (AvgIpc) is 2.67. The Bertz CT molecular complexity index is 774. The van der Waals surface area contributed by atoms with Crippen LogP contribution in [0.5, 0.6) is 11.5 Å². The summed E-state index contributed by atoms with van der Waals surface area (Å²) in [6.07, 6.45) is 2.22. The topological polar surface area (TPSA) is 38.8 Å². The molecule has 1 aliphatic heterocycles. The Hall–Kier alpha value is -2.40. The zero-order valence-corrected chi connectivity index (χ0v) is 15.3. The van der Waals surface area contributed by atoms with Gasteiger partial charge in [-0.15, -0.1) is 0 Å². The molecule has 0 saturated heterocycles. The Morgan fingerprint density at radius 2 is 1.73 bits per heavy atom. The smallest absolute Gasteiger partial charge is 0.162 e. The number of ketones is 1. The summed E-state index contributed by atoms with van der Waals surface area (Å²) in [5.74, 6) is 1.26. The van der Waals surface area contributed by atoms with Gasteiger partial charge in [-0.25, -0.2) is 4.39 Å². The molecule has 4 nitrogen and oxygen atoms in total. The number of methoxy groups -OCH3 is 2. The second kappa shape index (κ2) is 8.32. The molecule has 2 aromatic carbocycles. The Morgan fingerprint density at radius 1 is 1.08 bits per heavy atom. The van der Waals surface area contributed by atoms with Crippen molar-refractivity contribution in [3.63, 3.8) is 0 Å². The van der Waals surface area contributed by atoms with Gasteiger partial charge in [0.2, 0.25) is 0 Å². The Kier molecular flexibility index (Phi) is 5.89. The van der Waals surface area contributed by atoms with Crippen LogP contribution in [0.1, 0.15) is 34.3 Å². The van der Waals surface area contributed by atoms with Gasteiger partial charge in [0, 0.05) is 25.1 Å². The van der Waals surface area contributed by atoms with E-state index < -0.39 is 0 Å². The maximum Gasteiger partial charge on any atom is 0.162 e. The van der Waals surface area contributed by atoms with Crippen LogP contribution in [-0.4, -0.2) is 38.0 Å². The maximum atomic E-state index is 12.9. The average molecular weight is 357 g/mol. The van der Waals surface area contributed by atoms with Gasteiger partial charge in [-0.1, -0.05) is 0 Å². The fraction of sp³-hybridized carbons (Fsp3) is 0.381. The highest BCUT2D eigenvalue weighted by molar-refractivity contribution is 5.95. The molecule has 0 radical (unpaired) electrons. The van der Waals surface area contributed by atoms with E-state index in [1.165, 1.54) is 23.3 Å². The molecule has 0 fully saturated rings. The molecule has 0 amide bonds. The highest BCUT2D eigenvalue weighted by Crippen LogP contribution is 2.33. The first kappa shape index (κ1) is 18.4. The van der Waals surface area contributed by atoms with E-state index in [4.69, 9.17) is 9.47 Å². The van der Waals surface area contributed by atoms with Crippen LogP contribution in [0.3, 0.4) is 0 Å². The van der Waals surface area contributed by atoms with Crippen LogP contribution in [0.4, 0.5) is 4.39 Å². The molecule has 0 saturated carbocycles. The molecule has 138 valence electrons. The third-order valence-corrected chi connectivity index (χ3v) is 4.84. The second-order valence-corrected chi connectivity index (χ2v) is 6.54. The van der Waals surface area contributed by atoms with Crippen molar-refractivity contribution < 1.29 is 18.7 Å². The number of hydrogen-bond acceptors (Lipinski definition) is 4. The van der Waals surface area contributed by atoms with E-state index in [-0.39, 0.29) is 11.6 Å². The van der Waals surface area contributed by atoms with Gasteiger partial charge in [-0.3, -0.25) is 9.69 Å². The maximum absolute atomic E-state index is 12.9. The van der Waals surface area contributed by atoms with Crippen LogP contribution < -0.4 is 9.47 Å². The number of hydrogen-bond donors (Lipinski definition) is 0. The first-order chi connectivity index (χ1) is 12.6. The van der Waals surface area contributed by atoms with Gasteiger partial charge in [0.25, 0.3) is 0 Å². The normalized spacial score (nSPS) is 14.0. The third kappa shape index (κ3) is 4.22. The van der Waals surface area contributed by atoms with Crippen molar-refractivity contribution in [2.45, 2.75) is 25.8 Å².